The molecule has 0 radical (unpaired) electrons. The normalized spacial score (nSPS) is 18.9. The molecule has 0 saturated carbocycles. The molecule has 2 heterocycles. The molecular formula is C18H31N5O2. The minimum Gasteiger partial charge on any atom is -0.359 e. The molecule has 2 rings (SSSR count). The van der Waals surface area contributed by atoms with Crippen LogP contribution in [0.3, 0.4) is 0 Å². The molecule has 1 aromatic heterocycles. The number of carbonyl (C=O) groups is 2. The van der Waals surface area contributed by atoms with Gasteiger partial charge in [0.25, 0.3) is 0 Å². The quantitative estimate of drug-likeness (QED) is 0.832. The zero-order chi connectivity index (χ0) is 18.4. The Balaban J connectivity index is 2.08. The summed E-state index contributed by atoms with van der Waals surface area (Å²) in [7, 11) is 1.65. The fraction of sp³-hybridized carbons (Fsp3) is 0.722. The number of aryl methyl sites for hydroxylation is 2. The number of hydrogen-bond donors (Lipinski definition) is 1. The molecule has 1 saturated heterocycles. The Hall–Kier alpha value is -1.89. The number of nitrogens with one attached hydrogen (secondary N) is 1. The average molecular weight is 349 g/mol. The standard InChI is InChI=1S/C18H31N5O2/c1-5-6-7-23-13-16(14(2)20-23)10-21-8-9-22(15(3)24)12-17(11-21)18(25)19-4/h13,17H,5-12H2,1-4H3,(H,19,25)/t17-/m1/s1. The average Bonchev–Trinajstić information content (AvgIpc) is 2.80. The summed E-state index contributed by atoms with van der Waals surface area (Å²) in [4.78, 5) is 28.0. The van der Waals surface area contributed by atoms with Crippen molar-refractivity contribution in [3.05, 3.63) is 17.5 Å². The van der Waals surface area contributed by atoms with Gasteiger partial charge in [0.15, 0.2) is 0 Å². The lowest BCUT2D eigenvalue weighted by Gasteiger charge is -2.22. The van der Waals surface area contributed by atoms with Crippen molar-refractivity contribution < 1.29 is 9.59 Å². The highest BCUT2D eigenvalue weighted by atomic mass is 16.2. The van der Waals surface area contributed by atoms with Crippen molar-refractivity contribution in [3.63, 3.8) is 0 Å². The Morgan fingerprint density at radius 3 is 2.72 bits per heavy atom. The van der Waals surface area contributed by atoms with Crippen LogP contribution in [0.1, 0.15) is 37.9 Å². The van der Waals surface area contributed by atoms with Crippen molar-refractivity contribution in [2.75, 3.05) is 33.2 Å². The van der Waals surface area contributed by atoms with Crippen LogP contribution in [-0.2, 0) is 22.7 Å². The van der Waals surface area contributed by atoms with Crippen molar-refractivity contribution in [1.29, 1.82) is 0 Å². The number of nitrogens with zero attached hydrogens (tertiary/aromatic N) is 4. The molecule has 7 heteroatoms. The Morgan fingerprint density at radius 2 is 2.08 bits per heavy atom. The summed E-state index contributed by atoms with van der Waals surface area (Å²) in [6, 6.07) is 0. The van der Waals surface area contributed by atoms with E-state index in [1.54, 1.807) is 18.9 Å². The summed E-state index contributed by atoms with van der Waals surface area (Å²) in [5, 5.41) is 7.32. The first-order valence-corrected chi connectivity index (χ1v) is 9.17. The SMILES string of the molecule is CCCCn1cc(CN2CCN(C(C)=O)C[C@H](C(=O)NC)C2)c(C)n1. The van der Waals surface area contributed by atoms with Gasteiger partial charge in [-0.1, -0.05) is 13.3 Å². The largest absolute Gasteiger partial charge is 0.359 e. The monoisotopic (exact) mass is 349 g/mol. The Kier molecular flexibility index (Phi) is 6.99. The zero-order valence-corrected chi connectivity index (χ0v) is 15.9. The molecule has 25 heavy (non-hydrogen) atoms. The van der Waals surface area contributed by atoms with E-state index in [2.05, 4.69) is 28.4 Å². The van der Waals surface area contributed by atoms with Crippen molar-refractivity contribution in [2.45, 2.75) is 46.7 Å². The maximum Gasteiger partial charge on any atom is 0.225 e. The molecule has 0 aromatic carbocycles. The number of aromatic nitrogens is 2. The van der Waals surface area contributed by atoms with E-state index in [0.717, 1.165) is 38.2 Å². The molecular weight excluding hydrogens is 318 g/mol. The van der Waals surface area contributed by atoms with Gasteiger partial charge in [0, 0.05) is 65.0 Å². The van der Waals surface area contributed by atoms with Gasteiger partial charge in [-0.15, -0.1) is 0 Å². The van der Waals surface area contributed by atoms with Crippen LogP contribution in [0.25, 0.3) is 0 Å². The Bertz CT molecular complexity index is 598. The van der Waals surface area contributed by atoms with Crippen molar-refractivity contribution in [2.24, 2.45) is 5.92 Å². The van der Waals surface area contributed by atoms with Gasteiger partial charge in [-0.25, -0.2) is 0 Å². The summed E-state index contributed by atoms with van der Waals surface area (Å²) in [6.45, 7) is 10.1. The van der Waals surface area contributed by atoms with Crippen molar-refractivity contribution >= 4 is 11.8 Å². The van der Waals surface area contributed by atoms with Crippen molar-refractivity contribution in [1.82, 2.24) is 24.9 Å². The number of carbonyl (C=O) groups excluding carboxylic acids is 2. The Morgan fingerprint density at radius 1 is 1.32 bits per heavy atom. The fourth-order valence-corrected chi connectivity index (χ4v) is 3.27. The van der Waals surface area contributed by atoms with E-state index >= 15 is 0 Å². The van der Waals surface area contributed by atoms with Crippen LogP contribution in [0.4, 0.5) is 0 Å². The third-order valence-corrected chi connectivity index (χ3v) is 4.85. The third-order valence-electron chi connectivity index (χ3n) is 4.85. The van der Waals surface area contributed by atoms with Gasteiger partial charge in [-0.05, 0) is 13.3 Å². The lowest BCUT2D eigenvalue weighted by atomic mass is 10.1. The van der Waals surface area contributed by atoms with Crippen LogP contribution in [-0.4, -0.2) is 64.6 Å². The van der Waals surface area contributed by atoms with Gasteiger partial charge in [-0.2, -0.15) is 5.10 Å². The second-order valence-electron chi connectivity index (χ2n) is 6.87. The molecule has 0 bridgehead atoms. The minimum absolute atomic E-state index is 0.00601. The summed E-state index contributed by atoms with van der Waals surface area (Å²) in [5.41, 5.74) is 2.24. The van der Waals surface area contributed by atoms with E-state index in [-0.39, 0.29) is 17.7 Å². The number of hydrogen-bond acceptors (Lipinski definition) is 4. The van der Waals surface area contributed by atoms with Crippen LogP contribution in [0.2, 0.25) is 0 Å². The fourth-order valence-electron chi connectivity index (χ4n) is 3.27. The van der Waals surface area contributed by atoms with Gasteiger partial charge in [-0.3, -0.25) is 19.2 Å². The third kappa shape index (κ3) is 5.29. The van der Waals surface area contributed by atoms with E-state index in [1.165, 1.54) is 5.56 Å². The molecule has 0 spiro atoms. The van der Waals surface area contributed by atoms with Crippen LogP contribution in [0.15, 0.2) is 6.20 Å². The first kappa shape index (κ1) is 19.4. The second kappa shape index (κ2) is 8.99. The molecule has 1 aromatic rings. The van der Waals surface area contributed by atoms with Gasteiger partial charge in [0.05, 0.1) is 11.6 Å². The highest BCUT2D eigenvalue weighted by Crippen LogP contribution is 2.16. The second-order valence-corrected chi connectivity index (χ2v) is 6.87. The molecule has 0 aliphatic carbocycles. The summed E-state index contributed by atoms with van der Waals surface area (Å²) >= 11 is 0. The minimum atomic E-state index is -0.202. The topological polar surface area (TPSA) is 70.5 Å². The number of amides is 2. The smallest absolute Gasteiger partial charge is 0.225 e. The highest BCUT2D eigenvalue weighted by molar-refractivity contribution is 5.80. The van der Waals surface area contributed by atoms with Crippen LogP contribution in [0, 0.1) is 12.8 Å². The van der Waals surface area contributed by atoms with E-state index in [9.17, 15) is 9.59 Å². The molecule has 2 amide bonds. The molecule has 7 nitrogen and oxygen atoms in total. The van der Waals surface area contributed by atoms with Crippen LogP contribution in [0.5, 0.6) is 0 Å². The van der Waals surface area contributed by atoms with Crippen LogP contribution >= 0.6 is 0 Å². The summed E-state index contributed by atoms with van der Waals surface area (Å²) < 4.78 is 2.02. The molecule has 1 fully saturated rings. The van der Waals surface area contributed by atoms with E-state index < -0.39 is 0 Å². The van der Waals surface area contributed by atoms with Gasteiger partial charge < -0.3 is 10.2 Å². The van der Waals surface area contributed by atoms with E-state index in [0.29, 0.717) is 19.6 Å². The van der Waals surface area contributed by atoms with Crippen LogP contribution < -0.4 is 5.32 Å². The van der Waals surface area contributed by atoms with Gasteiger partial charge in [0.2, 0.25) is 11.8 Å². The predicted octanol–water partition coefficient (Wildman–Crippen LogP) is 1.02. The molecule has 1 aliphatic rings. The first-order chi connectivity index (χ1) is 11.9. The van der Waals surface area contributed by atoms with Gasteiger partial charge in [0.1, 0.15) is 0 Å². The Labute approximate surface area is 150 Å². The zero-order valence-electron chi connectivity index (χ0n) is 15.9. The van der Waals surface area contributed by atoms with E-state index in [4.69, 9.17) is 0 Å². The first-order valence-electron chi connectivity index (χ1n) is 9.17. The van der Waals surface area contributed by atoms with Gasteiger partial charge >= 0.3 is 0 Å². The van der Waals surface area contributed by atoms with E-state index in [1.807, 2.05) is 11.6 Å². The molecule has 140 valence electrons. The molecule has 1 N–H and O–H groups in total. The van der Waals surface area contributed by atoms with Crippen molar-refractivity contribution in [3.8, 4) is 0 Å². The predicted molar refractivity (Wildman–Crippen MR) is 97.0 cm³/mol. The molecule has 1 atom stereocenters. The summed E-state index contributed by atoms with van der Waals surface area (Å²) in [6.07, 6.45) is 4.39. The maximum absolute atomic E-state index is 12.2. The molecule has 0 unspecified atom stereocenters. The number of rotatable bonds is 6. The summed E-state index contributed by atoms with van der Waals surface area (Å²) in [5.74, 6) is -0.181. The molecule has 1 aliphatic heterocycles. The lowest BCUT2D eigenvalue weighted by molar-refractivity contribution is -0.130. The lowest BCUT2D eigenvalue weighted by Crippen LogP contribution is -2.40. The number of unbranched alkanes of at least 4 members (excludes halogenated alkanes) is 1. The highest BCUT2D eigenvalue weighted by Gasteiger charge is 2.28. The maximum atomic E-state index is 12.2.